The van der Waals surface area contributed by atoms with Gasteiger partial charge in [0.1, 0.15) is 0 Å². The largest absolute Gasteiger partial charge is 0.378 e. The minimum absolute atomic E-state index is 0.187. The van der Waals surface area contributed by atoms with Crippen LogP contribution in [0.25, 0.3) is 0 Å². The third-order valence-electron chi connectivity index (χ3n) is 4.06. The SMILES string of the molecule is CCC(CN)N1CCN(C(=O)CC(C)(C)OC)CC1. The van der Waals surface area contributed by atoms with Crippen LogP contribution >= 0.6 is 0 Å². The van der Waals surface area contributed by atoms with Crippen molar-refractivity contribution in [3.05, 3.63) is 0 Å². The molecule has 1 aliphatic rings. The van der Waals surface area contributed by atoms with E-state index >= 15 is 0 Å². The molecular weight excluding hydrogens is 242 g/mol. The Bertz CT molecular complexity index is 282. The van der Waals surface area contributed by atoms with Gasteiger partial charge in [0.05, 0.1) is 12.0 Å². The van der Waals surface area contributed by atoms with Crippen LogP contribution in [0, 0.1) is 0 Å². The third-order valence-corrected chi connectivity index (χ3v) is 4.06. The van der Waals surface area contributed by atoms with Crippen LogP contribution in [-0.4, -0.2) is 67.2 Å². The summed E-state index contributed by atoms with van der Waals surface area (Å²) in [4.78, 5) is 16.5. The lowest BCUT2D eigenvalue weighted by Gasteiger charge is -2.39. The Balaban J connectivity index is 2.43. The van der Waals surface area contributed by atoms with E-state index in [1.807, 2.05) is 18.7 Å². The molecule has 5 nitrogen and oxygen atoms in total. The van der Waals surface area contributed by atoms with Crippen LogP contribution in [0.5, 0.6) is 0 Å². The topological polar surface area (TPSA) is 58.8 Å². The lowest BCUT2D eigenvalue weighted by Crippen LogP contribution is -2.54. The number of carbonyl (C=O) groups is 1. The van der Waals surface area contributed by atoms with Gasteiger partial charge in [-0.25, -0.2) is 0 Å². The molecule has 0 aromatic rings. The van der Waals surface area contributed by atoms with Crippen molar-refractivity contribution in [2.45, 2.75) is 45.3 Å². The Morgan fingerprint density at radius 2 is 1.89 bits per heavy atom. The second kappa shape index (κ2) is 7.22. The van der Waals surface area contributed by atoms with Gasteiger partial charge in [-0.2, -0.15) is 0 Å². The second-order valence-electron chi connectivity index (χ2n) is 5.86. The molecule has 0 radical (unpaired) electrons. The predicted molar refractivity (Wildman–Crippen MR) is 77.0 cm³/mol. The van der Waals surface area contributed by atoms with Crippen LogP contribution in [0.1, 0.15) is 33.6 Å². The molecule has 1 saturated heterocycles. The average molecular weight is 271 g/mol. The molecular formula is C14H29N3O2. The van der Waals surface area contributed by atoms with Crippen LogP contribution in [0.3, 0.4) is 0 Å². The first kappa shape index (κ1) is 16.4. The highest BCUT2D eigenvalue weighted by molar-refractivity contribution is 5.77. The van der Waals surface area contributed by atoms with E-state index in [1.165, 1.54) is 0 Å². The number of carbonyl (C=O) groups excluding carboxylic acids is 1. The average Bonchev–Trinajstić information content (AvgIpc) is 2.40. The van der Waals surface area contributed by atoms with Crippen molar-refractivity contribution in [1.82, 2.24) is 9.80 Å². The molecule has 1 unspecified atom stereocenters. The van der Waals surface area contributed by atoms with Gasteiger partial charge >= 0.3 is 0 Å². The zero-order chi connectivity index (χ0) is 14.5. The Morgan fingerprint density at radius 3 is 2.32 bits per heavy atom. The number of rotatable bonds is 6. The number of hydrogen-bond acceptors (Lipinski definition) is 4. The van der Waals surface area contributed by atoms with Gasteiger partial charge in [-0.1, -0.05) is 6.92 Å². The minimum Gasteiger partial charge on any atom is -0.378 e. The van der Waals surface area contributed by atoms with Crippen molar-refractivity contribution in [2.75, 3.05) is 39.8 Å². The van der Waals surface area contributed by atoms with Gasteiger partial charge in [-0.05, 0) is 20.3 Å². The van der Waals surface area contributed by atoms with Crippen molar-refractivity contribution in [1.29, 1.82) is 0 Å². The Hall–Kier alpha value is -0.650. The summed E-state index contributed by atoms with van der Waals surface area (Å²) in [7, 11) is 1.65. The molecule has 0 bridgehead atoms. The first-order valence-electron chi connectivity index (χ1n) is 7.20. The van der Waals surface area contributed by atoms with Crippen molar-refractivity contribution in [2.24, 2.45) is 5.73 Å². The molecule has 1 aliphatic heterocycles. The van der Waals surface area contributed by atoms with E-state index in [1.54, 1.807) is 7.11 Å². The molecule has 1 rings (SSSR count). The maximum absolute atomic E-state index is 12.2. The van der Waals surface area contributed by atoms with E-state index in [0.717, 1.165) is 32.6 Å². The number of nitrogens with two attached hydrogens (primary N) is 1. The van der Waals surface area contributed by atoms with Crippen LogP contribution in [0.4, 0.5) is 0 Å². The molecule has 0 aliphatic carbocycles. The normalized spacial score (nSPS) is 19.5. The lowest BCUT2D eigenvalue weighted by molar-refractivity contribution is -0.138. The molecule has 1 heterocycles. The van der Waals surface area contributed by atoms with Crippen LogP contribution in [0.2, 0.25) is 0 Å². The highest BCUT2D eigenvalue weighted by Crippen LogP contribution is 2.16. The van der Waals surface area contributed by atoms with Crippen molar-refractivity contribution >= 4 is 5.91 Å². The number of nitrogens with zero attached hydrogens (tertiary/aromatic N) is 2. The van der Waals surface area contributed by atoms with Gasteiger partial charge in [0.2, 0.25) is 5.91 Å². The maximum atomic E-state index is 12.2. The Morgan fingerprint density at radius 1 is 1.32 bits per heavy atom. The summed E-state index contributed by atoms with van der Waals surface area (Å²) in [5, 5.41) is 0. The quantitative estimate of drug-likeness (QED) is 0.772. The summed E-state index contributed by atoms with van der Waals surface area (Å²) in [6.07, 6.45) is 1.51. The van der Waals surface area contributed by atoms with Crippen molar-refractivity contribution in [3.8, 4) is 0 Å². The van der Waals surface area contributed by atoms with Gasteiger partial charge in [0.25, 0.3) is 0 Å². The number of methoxy groups -OCH3 is 1. The highest BCUT2D eigenvalue weighted by Gasteiger charge is 2.28. The first-order valence-corrected chi connectivity index (χ1v) is 7.20. The molecule has 19 heavy (non-hydrogen) atoms. The van der Waals surface area contributed by atoms with Gasteiger partial charge in [0, 0.05) is 45.9 Å². The smallest absolute Gasteiger partial charge is 0.225 e. The summed E-state index contributed by atoms with van der Waals surface area (Å²) in [6, 6.07) is 0.452. The molecule has 1 fully saturated rings. The molecule has 0 spiro atoms. The van der Waals surface area contributed by atoms with E-state index in [0.29, 0.717) is 19.0 Å². The molecule has 2 N–H and O–H groups in total. The highest BCUT2D eigenvalue weighted by atomic mass is 16.5. The minimum atomic E-state index is -0.378. The monoisotopic (exact) mass is 271 g/mol. The fourth-order valence-corrected chi connectivity index (χ4v) is 2.46. The fourth-order valence-electron chi connectivity index (χ4n) is 2.46. The molecule has 1 amide bonds. The number of amides is 1. The summed E-state index contributed by atoms with van der Waals surface area (Å²) < 4.78 is 5.32. The number of piperazine rings is 1. The molecule has 0 saturated carbocycles. The van der Waals surface area contributed by atoms with Gasteiger partial charge in [-0.3, -0.25) is 9.69 Å². The standard InChI is InChI=1S/C14H29N3O2/c1-5-12(11-15)16-6-8-17(9-7-16)13(18)10-14(2,3)19-4/h12H,5-11,15H2,1-4H3. The molecule has 5 heteroatoms. The van der Waals surface area contributed by atoms with Gasteiger partial charge in [0.15, 0.2) is 0 Å². The van der Waals surface area contributed by atoms with Crippen LogP contribution in [0.15, 0.2) is 0 Å². The van der Waals surface area contributed by atoms with Crippen LogP contribution in [-0.2, 0) is 9.53 Å². The van der Waals surface area contributed by atoms with Gasteiger partial charge in [-0.15, -0.1) is 0 Å². The van der Waals surface area contributed by atoms with Crippen LogP contribution < -0.4 is 5.73 Å². The molecule has 0 aromatic carbocycles. The van der Waals surface area contributed by atoms with Crippen molar-refractivity contribution < 1.29 is 9.53 Å². The van der Waals surface area contributed by atoms with E-state index in [9.17, 15) is 4.79 Å². The lowest BCUT2D eigenvalue weighted by atomic mass is 10.0. The third kappa shape index (κ3) is 4.75. The summed E-state index contributed by atoms with van der Waals surface area (Å²) in [5.41, 5.74) is 5.39. The van der Waals surface area contributed by atoms with Gasteiger partial charge < -0.3 is 15.4 Å². The Kier molecular flexibility index (Phi) is 6.23. The molecule has 0 aromatic heterocycles. The summed E-state index contributed by atoms with van der Waals surface area (Å²) >= 11 is 0. The van der Waals surface area contributed by atoms with E-state index in [4.69, 9.17) is 10.5 Å². The fraction of sp³-hybridized carbons (Fsp3) is 0.929. The second-order valence-corrected chi connectivity index (χ2v) is 5.86. The Labute approximate surface area is 117 Å². The summed E-state index contributed by atoms with van der Waals surface area (Å²) in [5.74, 6) is 0.187. The van der Waals surface area contributed by atoms with Crippen molar-refractivity contribution in [3.63, 3.8) is 0 Å². The first-order chi connectivity index (χ1) is 8.93. The number of hydrogen-bond donors (Lipinski definition) is 1. The summed E-state index contributed by atoms with van der Waals surface area (Å²) in [6.45, 7) is 10.2. The maximum Gasteiger partial charge on any atom is 0.225 e. The van der Waals surface area contributed by atoms with E-state index < -0.39 is 0 Å². The molecule has 1 atom stereocenters. The predicted octanol–water partition coefficient (Wildman–Crippen LogP) is 0.683. The van der Waals surface area contributed by atoms with E-state index in [2.05, 4.69) is 11.8 Å². The zero-order valence-corrected chi connectivity index (χ0v) is 12.8. The number of ether oxygens (including phenoxy) is 1. The molecule has 112 valence electrons. The van der Waals surface area contributed by atoms with E-state index in [-0.39, 0.29) is 11.5 Å². The zero-order valence-electron chi connectivity index (χ0n) is 12.8.